The smallest absolute Gasteiger partial charge is 0.270 e. The van der Waals surface area contributed by atoms with Crippen LogP contribution in [0.4, 0.5) is 0 Å². The highest BCUT2D eigenvalue weighted by atomic mass is 16.2. The van der Waals surface area contributed by atoms with Crippen LogP contribution in [0.25, 0.3) is 5.69 Å². The quantitative estimate of drug-likeness (QED) is 0.810. The molecule has 1 aromatic heterocycles. The predicted molar refractivity (Wildman–Crippen MR) is 99.2 cm³/mol. The van der Waals surface area contributed by atoms with Gasteiger partial charge in [0.25, 0.3) is 5.91 Å². The van der Waals surface area contributed by atoms with Crippen LogP contribution in [0.15, 0.2) is 36.4 Å². The number of aryl methyl sites for hydroxylation is 1. The largest absolute Gasteiger partial charge is 0.351 e. The Morgan fingerprint density at radius 1 is 1.16 bits per heavy atom. The lowest BCUT2D eigenvalue weighted by Gasteiger charge is -2.32. The van der Waals surface area contributed by atoms with Gasteiger partial charge >= 0.3 is 0 Å². The third-order valence-corrected chi connectivity index (χ3v) is 4.60. The number of para-hydroxylation sites is 1. The summed E-state index contributed by atoms with van der Waals surface area (Å²) in [5, 5.41) is 7.49. The van der Waals surface area contributed by atoms with Crippen molar-refractivity contribution in [1.29, 1.82) is 0 Å². The van der Waals surface area contributed by atoms with Crippen LogP contribution in [0, 0.1) is 6.92 Å². The van der Waals surface area contributed by atoms with Crippen molar-refractivity contribution < 1.29 is 4.79 Å². The molecule has 134 valence electrons. The Labute approximate surface area is 149 Å². The second-order valence-corrected chi connectivity index (χ2v) is 6.67. The predicted octanol–water partition coefficient (Wildman–Crippen LogP) is 1.55. The van der Waals surface area contributed by atoms with Crippen LogP contribution in [-0.2, 0) is 0 Å². The number of hydrogen-bond donors (Lipinski definition) is 1. The molecule has 25 heavy (non-hydrogen) atoms. The number of piperazine rings is 1. The number of hydrogen-bond acceptors (Lipinski definition) is 4. The van der Waals surface area contributed by atoms with E-state index in [9.17, 15) is 4.79 Å². The van der Waals surface area contributed by atoms with Gasteiger partial charge in [0.15, 0.2) is 0 Å². The number of likely N-dealkylation sites (N-methyl/N-ethyl adjacent to an activating group) is 1. The first-order valence-electron chi connectivity index (χ1n) is 8.94. The normalized spacial score (nSPS) is 16.1. The van der Waals surface area contributed by atoms with Crippen LogP contribution in [0.5, 0.6) is 0 Å². The highest BCUT2D eigenvalue weighted by Crippen LogP contribution is 2.12. The van der Waals surface area contributed by atoms with Crippen molar-refractivity contribution in [1.82, 2.24) is 24.9 Å². The summed E-state index contributed by atoms with van der Waals surface area (Å²) in [5.74, 6) is -0.0668. The van der Waals surface area contributed by atoms with Crippen LogP contribution in [0.3, 0.4) is 0 Å². The van der Waals surface area contributed by atoms with Gasteiger partial charge in [0.2, 0.25) is 0 Å². The summed E-state index contributed by atoms with van der Waals surface area (Å²) in [6.07, 6.45) is 0.966. The first kappa shape index (κ1) is 17.6. The van der Waals surface area contributed by atoms with Gasteiger partial charge in [-0.3, -0.25) is 4.79 Å². The molecule has 2 heterocycles. The first-order valence-corrected chi connectivity index (χ1v) is 8.94. The van der Waals surface area contributed by atoms with E-state index in [0.717, 1.165) is 50.5 Å². The Hall–Kier alpha value is -2.18. The summed E-state index contributed by atoms with van der Waals surface area (Å²) in [5.41, 5.74) is 2.33. The van der Waals surface area contributed by atoms with Gasteiger partial charge in [-0.25, -0.2) is 4.68 Å². The molecule has 1 amide bonds. The van der Waals surface area contributed by atoms with E-state index in [1.54, 1.807) is 4.68 Å². The van der Waals surface area contributed by atoms with E-state index in [1.807, 2.05) is 43.3 Å². The molecule has 0 atom stereocenters. The third kappa shape index (κ3) is 4.67. The van der Waals surface area contributed by atoms with Gasteiger partial charge in [-0.2, -0.15) is 5.10 Å². The Morgan fingerprint density at radius 2 is 1.88 bits per heavy atom. The molecule has 1 aromatic carbocycles. The maximum Gasteiger partial charge on any atom is 0.270 e. The number of rotatable bonds is 6. The second kappa shape index (κ2) is 8.27. The van der Waals surface area contributed by atoms with E-state index in [2.05, 4.69) is 27.3 Å². The molecule has 1 saturated heterocycles. The molecular formula is C19H27N5O. The first-order chi connectivity index (χ1) is 12.1. The standard InChI is InChI=1S/C19H27N5O/c1-16-15-18(24(21-16)17-7-4-3-5-8-17)19(25)20-9-6-10-23-13-11-22(2)12-14-23/h3-5,7-8,15H,6,9-14H2,1-2H3,(H,20,25). The van der Waals surface area contributed by atoms with E-state index < -0.39 is 0 Å². The van der Waals surface area contributed by atoms with Crippen molar-refractivity contribution >= 4 is 5.91 Å². The summed E-state index contributed by atoms with van der Waals surface area (Å²) in [4.78, 5) is 17.4. The zero-order valence-corrected chi connectivity index (χ0v) is 15.1. The summed E-state index contributed by atoms with van der Waals surface area (Å²) in [6, 6.07) is 11.6. The number of carbonyl (C=O) groups is 1. The fourth-order valence-corrected chi connectivity index (χ4v) is 3.09. The molecule has 0 radical (unpaired) electrons. The fourth-order valence-electron chi connectivity index (χ4n) is 3.09. The minimum Gasteiger partial charge on any atom is -0.351 e. The van der Waals surface area contributed by atoms with Gasteiger partial charge in [-0.05, 0) is 45.1 Å². The van der Waals surface area contributed by atoms with Crippen LogP contribution in [-0.4, -0.2) is 71.8 Å². The topological polar surface area (TPSA) is 53.4 Å². The summed E-state index contributed by atoms with van der Waals surface area (Å²) < 4.78 is 1.71. The van der Waals surface area contributed by atoms with Crippen molar-refractivity contribution in [2.45, 2.75) is 13.3 Å². The number of nitrogens with zero attached hydrogens (tertiary/aromatic N) is 4. The van der Waals surface area contributed by atoms with Crippen molar-refractivity contribution in [3.63, 3.8) is 0 Å². The molecule has 0 spiro atoms. The highest BCUT2D eigenvalue weighted by molar-refractivity contribution is 5.93. The van der Waals surface area contributed by atoms with Gasteiger partial charge in [-0.15, -0.1) is 0 Å². The molecule has 2 aromatic rings. The molecule has 1 aliphatic heterocycles. The minimum absolute atomic E-state index is 0.0668. The monoisotopic (exact) mass is 341 g/mol. The summed E-state index contributed by atoms with van der Waals surface area (Å²) >= 11 is 0. The zero-order chi connectivity index (χ0) is 17.6. The number of nitrogens with one attached hydrogen (secondary N) is 1. The van der Waals surface area contributed by atoms with E-state index >= 15 is 0 Å². The molecule has 0 unspecified atom stereocenters. The third-order valence-electron chi connectivity index (χ3n) is 4.60. The van der Waals surface area contributed by atoms with Gasteiger partial charge < -0.3 is 15.1 Å². The Kier molecular flexibility index (Phi) is 5.83. The van der Waals surface area contributed by atoms with E-state index in [0.29, 0.717) is 12.2 Å². The van der Waals surface area contributed by atoms with Crippen LogP contribution in [0.1, 0.15) is 22.6 Å². The summed E-state index contributed by atoms with van der Waals surface area (Å²) in [7, 11) is 2.16. The molecule has 1 aliphatic rings. The second-order valence-electron chi connectivity index (χ2n) is 6.67. The molecule has 0 aliphatic carbocycles. The lowest BCUT2D eigenvalue weighted by molar-refractivity contribution is 0.0941. The number of aromatic nitrogens is 2. The van der Waals surface area contributed by atoms with Crippen LogP contribution >= 0.6 is 0 Å². The maximum atomic E-state index is 12.6. The number of amides is 1. The molecule has 1 N–H and O–H groups in total. The van der Waals surface area contributed by atoms with Gasteiger partial charge in [0.1, 0.15) is 5.69 Å². The SMILES string of the molecule is Cc1cc(C(=O)NCCCN2CCN(C)CC2)n(-c2ccccc2)n1. The number of carbonyl (C=O) groups excluding carboxylic acids is 1. The zero-order valence-electron chi connectivity index (χ0n) is 15.1. The molecule has 0 bridgehead atoms. The molecule has 3 rings (SSSR count). The molecule has 6 nitrogen and oxygen atoms in total. The minimum atomic E-state index is -0.0668. The Balaban J connectivity index is 1.52. The van der Waals surface area contributed by atoms with Gasteiger partial charge in [0, 0.05) is 32.7 Å². The number of benzene rings is 1. The maximum absolute atomic E-state index is 12.6. The Morgan fingerprint density at radius 3 is 2.60 bits per heavy atom. The molecule has 1 fully saturated rings. The van der Waals surface area contributed by atoms with Crippen LogP contribution < -0.4 is 5.32 Å². The van der Waals surface area contributed by atoms with Crippen molar-refractivity contribution in [3.8, 4) is 5.69 Å². The lowest BCUT2D eigenvalue weighted by Crippen LogP contribution is -2.45. The van der Waals surface area contributed by atoms with Crippen molar-refractivity contribution in [3.05, 3.63) is 47.8 Å². The highest BCUT2D eigenvalue weighted by Gasteiger charge is 2.16. The van der Waals surface area contributed by atoms with Crippen LogP contribution in [0.2, 0.25) is 0 Å². The average Bonchev–Trinajstić information content (AvgIpc) is 3.03. The van der Waals surface area contributed by atoms with Crippen molar-refractivity contribution in [2.75, 3.05) is 46.3 Å². The Bertz CT molecular complexity index is 689. The van der Waals surface area contributed by atoms with Gasteiger partial charge in [-0.1, -0.05) is 18.2 Å². The molecule has 0 saturated carbocycles. The molecular weight excluding hydrogens is 314 g/mol. The fraction of sp³-hybridized carbons (Fsp3) is 0.474. The summed E-state index contributed by atoms with van der Waals surface area (Å²) in [6.45, 7) is 8.11. The lowest BCUT2D eigenvalue weighted by atomic mass is 10.3. The molecule has 6 heteroatoms. The van der Waals surface area contributed by atoms with E-state index in [1.165, 1.54) is 0 Å². The van der Waals surface area contributed by atoms with E-state index in [4.69, 9.17) is 0 Å². The van der Waals surface area contributed by atoms with E-state index in [-0.39, 0.29) is 5.91 Å². The van der Waals surface area contributed by atoms with Gasteiger partial charge in [0.05, 0.1) is 11.4 Å². The van der Waals surface area contributed by atoms with Crippen molar-refractivity contribution in [2.24, 2.45) is 0 Å². The average molecular weight is 341 g/mol.